The van der Waals surface area contributed by atoms with E-state index in [0.717, 1.165) is 63.7 Å². The molecule has 6 heteroatoms. The molecule has 0 saturated heterocycles. The molecule has 0 aromatic carbocycles. The number of carbonyl (C=O) groups excluding carboxylic acids is 3. The van der Waals surface area contributed by atoms with Crippen molar-refractivity contribution in [3.8, 4) is 0 Å². The Hall–Kier alpha value is -1.59. The van der Waals surface area contributed by atoms with Gasteiger partial charge in [0.05, 0.1) is 0 Å². The quantitative estimate of drug-likeness (QED) is 0.0348. The van der Waals surface area contributed by atoms with Crippen molar-refractivity contribution >= 4 is 17.9 Å². The fourth-order valence-corrected chi connectivity index (χ4v) is 7.30. The van der Waals surface area contributed by atoms with Crippen LogP contribution in [0.1, 0.15) is 272 Å². The first-order chi connectivity index (χ1) is 26.9. The smallest absolute Gasteiger partial charge is 0.306 e. The molecule has 0 aliphatic carbocycles. The summed E-state index contributed by atoms with van der Waals surface area (Å²) >= 11 is 0. The largest absolute Gasteiger partial charge is 0.462 e. The lowest BCUT2D eigenvalue weighted by Crippen LogP contribution is -2.30. The first-order valence-electron chi connectivity index (χ1n) is 24.4. The monoisotopic (exact) mass is 779 g/mol. The van der Waals surface area contributed by atoms with Crippen molar-refractivity contribution in [2.45, 2.75) is 278 Å². The van der Waals surface area contributed by atoms with E-state index in [1.54, 1.807) is 0 Å². The number of hydrogen-bond acceptors (Lipinski definition) is 6. The van der Waals surface area contributed by atoms with Gasteiger partial charge in [-0.1, -0.05) is 233 Å². The summed E-state index contributed by atoms with van der Waals surface area (Å²) in [5, 5.41) is 0. The lowest BCUT2D eigenvalue weighted by molar-refractivity contribution is -0.167. The van der Waals surface area contributed by atoms with Gasteiger partial charge in [-0.15, -0.1) is 0 Å². The van der Waals surface area contributed by atoms with Gasteiger partial charge >= 0.3 is 17.9 Å². The van der Waals surface area contributed by atoms with E-state index >= 15 is 0 Å². The molecule has 55 heavy (non-hydrogen) atoms. The Morgan fingerprint density at radius 1 is 0.364 bits per heavy atom. The van der Waals surface area contributed by atoms with Gasteiger partial charge in [-0.2, -0.15) is 0 Å². The van der Waals surface area contributed by atoms with E-state index in [9.17, 15) is 14.4 Å². The molecule has 1 unspecified atom stereocenters. The van der Waals surface area contributed by atoms with E-state index in [1.807, 2.05) is 0 Å². The maximum atomic E-state index is 12.7. The molecule has 0 heterocycles. The standard InChI is InChI=1S/C49H94O6/c1-5-8-10-12-14-16-17-18-19-20-21-22-24-28-32-36-40-47(50)53-43-46(55-49(52)42-38-34-30-23-15-13-11-9-6-2)44-54-48(51)41-37-33-29-26-25-27-31-35-39-45(4)7-3/h45-46H,5-44H2,1-4H3/t45?,46-/m1/s1. The molecule has 326 valence electrons. The summed E-state index contributed by atoms with van der Waals surface area (Å²) in [4.78, 5) is 37.7. The molecule has 0 aliphatic rings. The van der Waals surface area contributed by atoms with Gasteiger partial charge in [0, 0.05) is 19.3 Å². The van der Waals surface area contributed by atoms with Crippen molar-refractivity contribution in [1.82, 2.24) is 0 Å². The third-order valence-corrected chi connectivity index (χ3v) is 11.4. The highest BCUT2D eigenvalue weighted by atomic mass is 16.6. The van der Waals surface area contributed by atoms with Crippen LogP contribution in [0.3, 0.4) is 0 Å². The van der Waals surface area contributed by atoms with Gasteiger partial charge in [-0.3, -0.25) is 14.4 Å². The molecule has 0 radical (unpaired) electrons. The summed E-state index contributed by atoms with van der Waals surface area (Å²) in [5.74, 6) is -0.00509. The molecule has 0 N–H and O–H groups in total. The Bertz CT molecular complexity index is 828. The van der Waals surface area contributed by atoms with E-state index in [2.05, 4.69) is 27.7 Å². The minimum Gasteiger partial charge on any atom is -0.462 e. The summed E-state index contributed by atoms with van der Waals surface area (Å²) in [5.41, 5.74) is 0. The van der Waals surface area contributed by atoms with Crippen molar-refractivity contribution in [2.24, 2.45) is 5.92 Å². The number of ether oxygens (including phenoxy) is 3. The average Bonchev–Trinajstić information content (AvgIpc) is 3.18. The number of hydrogen-bond donors (Lipinski definition) is 0. The van der Waals surface area contributed by atoms with E-state index in [-0.39, 0.29) is 31.1 Å². The highest BCUT2D eigenvalue weighted by Gasteiger charge is 2.19. The van der Waals surface area contributed by atoms with Crippen molar-refractivity contribution in [3.63, 3.8) is 0 Å². The number of unbranched alkanes of at least 4 members (excludes halogenated alkanes) is 30. The second-order valence-electron chi connectivity index (χ2n) is 17.0. The second kappa shape index (κ2) is 43.5. The van der Waals surface area contributed by atoms with Gasteiger partial charge < -0.3 is 14.2 Å². The molecule has 0 spiro atoms. The Labute approximate surface area is 342 Å². The Morgan fingerprint density at radius 3 is 0.945 bits per heavy atom. The highest BCUT2D eigenvalue weighted by molar-refractivity contribution is 5.71. The molecule has 0 rings (SSSR count). The van der Waals surface area contributed by atoms with Crippen LogP contribution in [0.25, 0.3) is 0 Å². The van der Waals surface area contributed by atoms with Crippen molar-refractivity contribution in [1.29, 1.82) is 0 Å². The molecule has 0 amide bonds. The summed E-state index contributed by atoms with van der Waals surface area (Å²) in [6, 6.07) is 0. The highest BCUT2D eigenvalue weighted by Crippen LogP contribution is 2.17. The third-order valence-electron chi connectivity index (χ3n) is 11.4. The first kappa shape index (κ1) is 53.4. The minimum absolute atomic E-state index is 0.0637. The van der Waals surface area contributed by atoms with Crippen LogP contribution >= 0.6 is 0 Å². The van der Waals surface area contributed by atoms with Crippen LogP contribution in [-0.4, -0.2) is 37.2 Å². The zero-order valence-electron chi connectivity index (χ0n) is 37.4. The molecular formula is C49H94O6. The van der Waals surface area contributed by atoms with E-state index < -0.39 is 6.10 Å². The molecule has 0 bridgehead atoms. The summed E-state index contributed by atoms with van der Waals surface area (Å²) in [6.07, 6.45) is 43.7. The van der Waals surface area contributed by atoms with E-state index in [1.165, 1.54) is 167 Å². The molecule has 0 aromatic rings. The van der Waals surface area contributed by atoms with Crippen molar-refractivity contribution < 1.29 is 28.6 Å². The molecule has 2 atom stereocenters. The first-order valence-corrected chi connectivity index (χ1v) is 24.4. The van der Waals surface area contributed by atoms with Gasteiger partial charge in [0.1, 0.15) is 13.2 Å². The zero-order valence-corrected chi connectivity index (χ0v) is 37.4. The predicted molar refractivity (Wildman–Crippen MR) is 233 cm³/mol. The molecule has 6 nitrogen and oxygen atoms in total. The summed E-state index contributed by atoms with van der Waals surface area (Å²) in [7, 11) is 0. The fourth-order valence-electron chi connectivity index (χ4n) is 7.30. The number of rotatable bonds is 44. The molecular weight excluding hydrogens is 685 g/mol. The van der Waals surface area contributed by atoms with Crippen LogP contribution in [0.5, 0.6) is 0 Å². The van der Waals surface area contributed by atoms with Crippen molar-refractivity contribution in [3.05, 3.63) is 0 Å². The predicted octanol–water partition coefficient (Wildman–Crippen LogP) is 15.5. The summed E-state index contributed by atoms with van der Waals surface area (Å²) < 4.78 is 16.7. The van der Waals surface area contributed by atoms with Gasteiger partial charge in [-0.25, -0.2) is 0 Å². The van der Waals surface area contributed by atoms with Crippen molar-refractivity contribution in [2.75, 3.05) is 13.2 Å². The fraction of sp³-hybridized carbons (Fsp3) is 0.939. The summed E-state index contributed by atoms with van der Waals surface area (Å²) in [6.45, 7) is 9.00. The SMILES string of the molecule is CCCCCCCCCCCCCCCCCCC(=O)OC[C@H](COC(=O)CCCCCCCCCCC(C)CC)OC(=O)CCCCCCCCCCC. The Balaban J connectivity index is 4.26. The van der Waals surface area contributed by atoms with Gasteiger partial charge in [-0.05, 0) is 25.2 Å². The zero-order chi connectivity index (χ0) is 40.3. The number of carbonyl (C=O) groups is 3. The maximum Gasteiger partial charge on any atom is 0.306 e. The maximum absolute atomic E-state index is 12.7. The van der Waals surface area contributed by atoms with Gasteiger partial charge in [0.2, 0.25) is 0 Å². The Kier molecular flexibility index (Phi) is 42.3. The van der Waals surface area contributed by atoms with Gasteiger partial charge in [0.15, 0.2) is 6.10 Å². The topological polar surface area (TPSA) is 78.9 Å². The molecule has 0 aliphatic heterocycles. The second-order valence-corrected chi connectivity index (χ2v) is 17.0. The van der Waals surface area contributed by atoms with Crippen LogP contribution in [0.2, 0.25) is 0 Å². The van der Waals surface area contributed by atoms with Crippen LogP contribution in [0, 0.1) is 5.92 Å². The molecule has 0 aromatic heterocycles. The van der Waals surface area contributed by atoms with Crippen LogP contribution < -0.4 is 0 Å². The van der Waals surface area contributed by atoms with E-state index in [4.69, 9.17) is 14.2 Å². The Morgan fingerprint density at radius 2 is 0.636 bits per heavy atom. The lowest BCUT2D eigenvalue weighted by Gasteiger charge is -2.18. The molecule has 0 saturated carbocycles. The normalized spacial score (nSPS) is 12.4. The minimum atomic E-state index is -0.759. The third kappa shape index (κ3) is 41.9. The van der Waals surface area contributed by atoms with Crippen LogP contribution in [-0.2, 0) is 28.6 Å². The van der Waals surface area contributed by atoms with Gasteiger partial charge in [0.25, 0.3) is 0 Å². The van der Waals surface area contributed by atoms with Crippen LogP contribution in [0.15, 0.2) is 0 Å². The van der Waals surface area contributed by atoms with E-state index in [0.29, 0.717) is 19.3 Å². The van der Waals surface area contributed by atoms with Crippen LogP contribution in [0.4, 0.5) is 0 Å². The molecule has 0 fully saturated rings. The lowest BCUT2D eigenvalue weighted by atomic mass is 9.99. The average molecular weight is 779 g/mol. The number of esters is 3.